The molecule has 0 bridgehead atoms. The van der Waals surface area contributed by atoms with Gasteiger partial charge in [0.05, 0.1) is 11.6 Å². The number of hydrogen-bond donors (Lipinski definition) is 0. The molecule has 0 fully saturated rings. The Kier molecular flexibility index (Phi) is 2.53. The van der Waals surface area contributed by atoms with Crippen molar-refractivity contribution in [2.75, 3.05) is 0 Å². The van der Waals surface area contributed by atoms with Gasteiger partial charge in [0.1, 0.15) is 0 Å². The number of fused-ring (bicyclic) bond motifs is 1. The van der Waals surface area contributed by atoms with Gasteiger partial charge in [-0.1, -0.05) is 24.3 Å². The quantitative estimate of drug-likeness (QED) is 0.648. The maximum absolute atomic E-state index is 5.87. The molecular formula is C13H10ClN3. The standard InChI is InChI=1S/C13H10ClN3/c14-9-11-8-10-4-1-2-5-12(10)13(16-11)17-7-3-6-15-17/h1-8H,9H2. The first-order chi connectivity index (χ1) is 8.38. The molecule has 0 atom stereocenters. The number of halogens is 1. The molecule has 0 N–H and O–H groups in total. The van der Waals surface area contributed by atoms with E-state index in [1.807, 2.05) is 36.5 Å². The van der Waals surface area contributed by atoms with E-state index in [1.165, 1.54) is 0 Å². The number of benzene rings is 1. The van der Waals surface area contributed by atoms with Crippen LogP contribution in [0.3, 0.4) is 0 Å². The molecule has 3 rings (SSSR count). The van der Waals surface area contributed by atoms with E-state index in [0.717, 1.165) is 22.3 Å². The summed E-state index contributed by atoms with van der Waals surface area (Å²) < 4.78 is 1.76. The summed E-state index contributed by atoms with van der Waals surface area (Å²) in [6, 6.07) is 12.0. The molecule has 2 heterocycles. The van der Waals surface area contributed by atoms with Crippen LogP contribution in [0.2, 0.25) is 0 Å². The molecular weight excluding hydrogens is 234 g/mol. The second-order valence-electron chi connectivity index (χ2n) is 3.74. The fraction of sp³-hybridized carbons (Fsp3) is 0.0769. The number of hydrogen-bond acceptors (Lipinski definition) is 2. The summed E-state index contributed by atoms with van der Waals surface area (Å²) in [7, 11) is 0. The largest absolute Gasteiger partial charge is 0.232 e. The van der Waals surface area contributed by atoms with Gasteiger partial charge >= 0.3 is 0 Å². The van der Waals surface area contributed by atoms with Crippen molar-refractivity contribution >= 4 is 22.4 Å². The highest BCUT2D eigenvalue weighted by molar-refractivity contribution is 6.17. The summed E-state index contributed by atoms with van der Waals surface area (Å²) in [4.78, 5) is 4.53. The van der Waals surface area contributed by atoms with Crippen molar-refractivity contribution in [1.29, 1.82) is 0 Å². The molecule has 0 aliphatic carbocycles. The molecule has 0 saturated heterocycles. The molecule has 3 aromatic rings. The minimum atomic E-state index is 0.402. The molecule has 0 saturated carbocycles. The third kappa shape index (κ3) is 1.78. The van der Waals surface area contributed by atoms with Crippen LogP contribution in [0, 0.1) is 0 Å². The van der Waals surface area contributed by atoms with Gasteiger partial charge in [0.25, 0.3) is 0 Å². The minimum Gasteiger partial charge on any atom is -0.232 e. The van der Waals surface area contributed by atoms with E-state index in [9.17, 15) is 0 Å². The fourth-order valence-electron chi connectivity index (χ4n) is 1.87. The van der Waals surface area contributed by atoms with Gasteiger partial charge in [-0.15, -0.1) is 11.6 Å². The van der Waals surface area contributed by atoms with E-state index < -0.39 is 0 Å². The van der Waals surface area contributed by atoms with E-state index in [2.05, 4.69) is 16.1 Å². The Balaban J connectivity index is 2.35. The maximum Gasteiger partial charge on any atom is 0.161 e. The lowest BCUT2D eigenvalue weighted by Crippen LogP contribution is -2.01. The first kappa shape index (κ1) is 10.3. The first-order valence-corrected chi connectivity index (χ1v) is 5.86. The van der Waals surface area contributed by atoms with Gasteiger partial charge in [-0.2, -0.15) is 5.10 Å². The summed E-state index contributed by atoms with van der Waals surface area (Å²) in [6.45, 7) is 0. The van der Waals surface area contributed by atoms with E-state index in [4.69, 9.17) is 11.6 Å². The van der Waals surface area contributed by atoms with Crippen LogP contribution in [-0.2, 0) is 5.88 Å². The predicted octanol–water partition coefficient (Wildman–Crippen LogP) is 3.16. The van der Waals surface area contributed by atoms with Crippen molar-refractivity contribution in [3.8, 4) is 5.82 Å². The fourth-order valence-corrected chi connectivity index (χ4v) is 2.01. The highest BCUT2D eigenvalue weighted by Crippen LogP contribution is 2.21. The van der Waals surface area contributed by atoms with Crippen molar-refractivity contribution in [3.63, 3.8) is 0 Å². The third-order valence-electron chi connectivity index (χ3n) is 2.63. The number of alkyl halides is 1. The molecule has 0 unspecified atom stereocenters. The molecule has 0 amide bonds. The lowest BCUT2D eigenvalue weighted by molar-refractivity contribution is 0.849. The van der Waals surface area contributed by atoms with Gasteiger partial charge < -0.3 is 0 Å². The van der Waals surface area contributed by atoms with Crippen LogP contribution in [0.15, 0.2) is 48.8 Å². The summed E-state index contributed by atoms with van der Waals surface area (Å²) in [5.74, 6) is 1.22. The number of aromatic nitrogens is 3. The van der Waals surface area contributed by atoms with Crippen LogP contribution in [0.25, 0.3) is 16.6 Å². The second-order valence-corrected chi connectivity index (χ2v) is 4.01. The summed E-state index contributed by atoms with van der Waals surface area (Å²) in [5, 5.41) is 6.43. The Morgan fingerprint density at radius 3 is 2.82 bits per heavy atom. The van der Waals surface area contributed by atoms with Crippen molar-refractivity contribution in [1.82, 2.24) is 14.8 Å². The second kappa shape index (κ2) is 4.18. The van der Waals surface area contributed by atoms with Gasteiger partial charge in [0.15, 0.2) is 5.82 Å². The summed E-state index contributed by atoms with van der Waals surface area (Å²) in [6.07, 6.45) is 3.62. The third-order valence-corrected chi connectivity index (χ3v) is 2.91. The predicted molar refractivity (Wildman–Crippen MR) is 68.4 cm³/mol. The Morgan fingerprint density at radius 2 is 2.06 bits per heavy atom. The van der Waals surface area contributed by atoms with Crippen LogP contribution in [0.4, 0.5) is 0 Å². The summed E-state index contributed by atoms with van der Waals surface area (Å²) in [5.41, 5.74) is 0.857. The van der Waals surface area contributed by atoms with E-state index in [-0.39, 0.29) is 0 Å². The van der Waals surface area contributed by atoms with Crippen LogP contribution >= 0.6 is 11.6 Å². The molecule has 3 nitrogen and oxygen atoms in total. The lowest BCUT2D eigenvalue weighted by Gasteiger charge is -2.07. The van der Waals surface area contributed by atoms with Gasteiger partial charge in [0, 0.05) is 17.8 Å². The number of pyridine rings is 1. The Morgan fingerprint density at radius 1 is 1.18 bits per heavy atom. The monoisotopic (exact) mass is 243 g/mol. The molecule has 0 spiro atoms. The van der Waals surface area contributed by atoms with Crippen molar-refractivity contribution in [3.05, 3.63) is 54.5 Å². The SMILES string of the molecule is ClCc1cc2ccccc2c(-n2cccn2)n1. The number of rotatable bonds is 2. The van der Waals surface area contributed by atoms with Gasteiger partial charge in [-0.3, -0.25) is 0 Å². The zero-order valence-corrected chi connectivity index (χ0v) is 9.80. The highest BCUT2D eigenvalue weighted by atomic mass is 35.5. The first-order valence-electron chi connectivity index (χ1n) is 5.33. The van der Waals surface area contributed by atoms with E-state index >= 15 is 0 Å². The molecule has 1 aromatic carbocycles. The Hall–Kier alpha value is -1.87. The smallest absolute Gasteiger partial charge is 0.161 e. The minimum absolute atomic E-state index is 0.402. The van der Waals surface area contributed by atoms with E-state index in [0.29, 0.717) is 5.88 Å². The molecule has 2 aromatic heterocycles. The molecule has 0 radical (unpaired) electrons. The van der Waals surface area contributed by atoms with Crippen molar-refractivity contribution < 1.29 is 0 Å². The average molecular weight is 244 g/mol. The number of nitrogens with zero attached hydrogens (tertiary/aromatic N) is 3. The molecule has 4 heteroatoms. The topological polar surface area (TPSA) is 30.7 Å². The maximum atomic E-state index is 5.87. The van der Waals surface area contributed by atoms with Crippen molar-refractivity contribution in [2.24, 2.45) is 0 Å². The average Bonchev–Trinajstić information content (AvgIpc) is 2.91. The lowest BCUT2D eigenvalue weighted by atomic mass is 10.1. The Labute approximate surface area is 104 Å². The van der Waals surface area contributed by atoms with E-state index in [1.54, 1.807) is 10.9 Å². The zero-order valence-electron chi connectivity index (χ0n) is 9.05. The van der Waals surface area contributed by atoms with Crippen molar-refractivity contribution in [2.45, 2.75) is 5.88 Å². The molecule has 84 valence electrons. The molecule has 0 aliphatic heterocycles. The molecule has 0 aliphatic rings. The Bertz CT molecular complexity index is 647. The van der Waals surface area contributed by atoms with Crippen LogP contribution in [0.1, 0.15) is 5.69 Å². The van der Waals surface area contributed by atoms with Gasteiger partial charge in [-0.05, 0) is 17.5 Å². The highest BCUT2D eigenvalue weighted by Gasteiger charge is 2.07. The van der Waals surface area contributed by atoms with Crippen LogP contribution in [-0.4, -0.2) is 14.8 Å². The van der Waals surface area contributed by atoms with Crippen LogP contribution < -0.4 is 0 Å². The van der Waals surface area contributed by atoms with Gasteiger partial charge in [-0.25, -0.2) is 9.67 Å². The van der Waals surface area contributed by atoms with Crippen LogP contribution in [0.5, 0.6) is 0 Å². The summed E-state index contributed by atoms with van der Waals surface area (Å²) >= 11 is 5.87. The zero-order chi connectivity index (χ0) is 11.7. The van der Waals surface area contributed by atoms with Gasteiger partial charge in [0.2, 0.25) is 0 Å². The molecule has 17 heavy (non-hydrogen) atoms. The normalized spacial score (nSPS) is 10.9.